The number of aromatic amines is 1. The lowest BCUT2D eigenvalue weighted by molar-refractivity contribution is -0.125. The van der Waals surface area contributed by atoms with Crippen LogP contribution in [0.15, 0.2) is 78.9 Å². The van der Waals surface area contributed by atoms with Gasteiger partial charge in [-0.05, 0) is 54.8 Å². The number of nitrogens with zero attached hydrogens (tertiary/aromatic N) is 2. The first-order chi connectivity index (χ1) is 17.0. The number of anilines is 1. The summed E-state index contributed by atoms with van der Waals surface area (Å²) in [4.78, 5) is 46.0. The molecule has 2 aliphatic rings. The second-order valence-corrected chi connectivity index (χ2v) is 9.14. The number of amides is 4. The van der Waals surface area contributed by atoms with E-state index in [2.05, 4.69) is 10.3 Å². The molecule has 4 amide bonds. The lowest BCUT2D eigenvalue weighted by Crippen LogP contribution is -2.49. The fourth-order valence-electron chi connectivity index (χ4n) is 5.26. The number of H-pyrrole nitrogens is 1. The van der Waals surface area contributed by atoms with Gasteiger partial charge >= 0.3 is 6.03 Å². The topological polar surface area (TPSA) is 85.5 Å². The maximum Gasteiger partial charge on any atom is 0.332 e. The maximum atomic E-state index is 13.8. The van der Waals surface area contributed by atoms with Crippen LogP contribution in [0.3, 0.4) is 0 Å². The summed E-state index contributed by atoms with van der Waals surface area (Å²) in [5, 5.41) is 3.98. The van der Waals surface area contributed by atoms with Crippen molar-refractivity contribution >= 4 is 34.4 Å². The molecule has 3 aromatic carbocycles. The van der Waals surface area contributed by atoms with Crippen LogP contribution in [0, 0.1) is 0 Å². The number of hydrogen-bond acceptors (Lipinski definition) is 3. The van der Waals surface area contributed by atoms with E-state index in [1.165, 1.54) is 4.90 Å². The minimum Gasteiger partial charge on any atom is -0.356 e. The Hall–Kier alpha value is -4.39. The molecular formula is C28H24N4O3. The maximum absolute atomic E-state index is 13.8. The Morgan fingerprint density at radius 1 is 0.971 bits per heavy atom. The van der Waals surface area contributed by atoms with Crippen molar-refractivity contribution in [2.45, 2.75) is 25.4 Å². The van der Waals surface area contributed by atoms with Gasteiger partial charge in [-0.3, -0.25) is 9.59 Å². The second-order valence-electron chi connectivity index (χ2n) is 9.14. The first-order valence-corrected chi connectivity index (χ1v) is 11.7. The Morgan fingerprint density at radius 2 is 1.69 bits per heavy atom. The first kappa shape index (κ1) is 21.2. The third kappa shape index (κ3) is 3.15. The highest BCUT2D eigenvalue weighted by Gasteiger charge is 2.58. The molecule has 1 saturated heterocycles. The van der Waals surface area contributed by atoms with Crippen LogP contribution in [0.2, 0.25) is 0 Å². The van der Waals surface area contributed by atoms with Gasteiger partial charge in [0, 0.05) is 29.6 Å². The number of imide groups is 1. The van der Waals surface area contributed by atoms with Crippen LogP contribution in [0.1, 0.15) is 34.1 Å². The normalized spacial score (nSPS) is 19.1. The predicted molar refractivity (Wildman–Crippen MR) is 133 cm³/mol. The molecular weight excluding hydrogens is 440 g/mol. The van der Waals surface area contributed by atoms with Crippen molar-refractivity contribution < 1.29 is 14.4 Å². The molecule has 0 radical (unpaired) electrons. The molecule has 1 unspecified atom stereocenters. The van der Waals surface area contributed by atoms with Crippen LogP contribution in [0.5, 0.6) is 0 Å². The van der Waals surface area contributed by atoms with E-state index in [0.29, 0.717) is 30.8 Å². The third-order valence-electron chi connectivity index (χ3n) is 7.15. The third-order valence-corrected chi connectivity index (χ3v) is 7.15. The molecule has 35 heavy (non-hydrogen) atoms. The van der Waals surface area contributed by atoms with Crippen LogP contribution in [0.25, 0.3) is 10.9 Å². The van der Waals surface area contributed by atoms with E-state index in [-0.39, 0.29) is 17.8 Å². The molecule has 7 heteroatoms. The average Bonchev–Trinajstić information content (AvgIpc) is 3.37. The van der Waals surface area contributed by atoms with Crippen molar-refractivity contribution in [2.24, 2.45) is 0 Å². The predicted octanol–water partition coefficient (Wildman–Crippen LogP) is 4.34. The highest BCUT2D eigenvalue weighted by Crippen LogP contribution is 2.45. The van der Waals surface area contributed by atoms with E-state index in [0.717, 1.165) is 27.7 Å². The lowest BCUT2D eigenvalue weighted by atomic mass is 9.87. The molecule has 0 saturated carbocycles. The molecule has 174 valence electrons. The Kier molecular flexibility index (Phi) is 4.74. The minimum atomic E-state index is -1.10. The Morgan fingerprint density at radius 3 is 2.46 bits per heavy atom. The summed E-state index contributed by atoms with van der Waals surface area (Å²) in [5.74, 6) is -0.511. The fraction of sp³-hybridized carbons (Fsp3) is 0.179. The van der Waals surface area contributed by atoms with E-state index in [9.17, 15) is 14.4 Å². The summed E-state index contributed by atoms with van der Waals surface area (Å²) in [6.07, 6.45) is 0.683. The van der Waals surface area contributed by atoms with E-state index < -0.39 is 5.54 Å². The summed E-state index contributed by atoms with van der Waals surface area (Å²) in [6, 6.07) is 23.9. The quantitative estimate of drug-likeness (QED) is 0.441. The van der Waals surface area contributed by atoms with Gasteiger partial charge in [0.05, 0.1) is 11.4 Å². The first-order valence-electron chi connectivity index (χ1n) is 11.7. The zero-order chi connectivity index (χ0) is 24.2. The van der Waals surface area contributed by atoms with Crippen LogP contribution in [-0.4, -0.2) is 34.3 Å². The summed E-state index contributed by atoms with van der Waals surface area (Å²) >= 11 is 0. The zero-order valence-corrected chi connectivity index (χ0v) is 19.2. The molecule has 1 aromatic heterocycles. The summed E-state index contributed by atoms with van der Waals surface area (Å²) in [6.45, 7) is 2.70. The molecule has 0 bridgehead atoms. The van der Waals surface area contributed by atoms with E-state index in [4.69, 9.17) is 0 Å². The molecule has 2 aliphatic heterocycles. The number of hydrogen-bond donors (Lipinski definition) is 2. The van der Waals surface area contributed by atoms with Gasteiger partial charge in [0.1, 0.15) is 0 Å². The summed E-state index contributed by atoms with van der Waals surface area (Å²) in [7, 11) is 0. The van der Waals surface area contributed by atoms with Crippen molar-refractivity contribution in [3.63, 3.8) is 0 Å². The van der Waals surface area contributed by atoms with Gasteiger partial charge in [-0.25, -0.2) is 9.69 Å². The van der Waals surface area contributed by atoms with Crippen molar-refractivity contribution in [1.82, 2.24) is 15.2 Å². The van der Waals surface area contributed by atoms with Gasteiger partial charge in [0.15, 0.2) is 5.54 Å². The van der Waals surface area contributed by atoms with Crippen molar-refractivity contribution in [1.29, 1.82) is 0 Å². The molecule has 1 atom stereocenters. The minimum absolute atomic E-state index is 0.216. The van der Waals surface area contributed by atoms with Crippen molar-refractivity contribution in [2.75, 3.05) is 11.4 Å². The monoisotopic (exact) mass is 464 g/mol. The van der Waals surface area contributed by atoms with E-state index >= 15 is 0 Å². The van der Waals surface area contributed by atoms with Gasteiger partial charge in [0.25, 0.3) is 11.8 Å². The second kappa shape index (κ2) is 7.84. The Labute approximate surface area is 202 Å². The fourth-order valence-corrected chi connectivity index (χ4v) is 5.26. The Bertz CT molecular complexity index is 1480. The standard InChI is InChI=1S/C28H24N4O3/c1-28-24-22(21-9-5-6-10-23(21)30-24)15-16-31(28)27(35)32(26(28)34)20-13-11-19(12-14-20)25(33)29-17-18-7-3-2-4-8-18/h2-14,30H,15-17H2,1H3,(H,29,33). The largest absolute Gasteiger partial charge is 0.356 e. The number of urea groups is 1. The molecule has 4 aromatic rings. The molecule has 2 N–H and O–H groups in total. The molecule has 0 spiro atoms. The number of aromatic nitrogens is 1. The number of carbonyl (C=O) groups excluding carboxylic acids is 3. The van der Waals surface area contributed by atoms with Gasteiger partial charge in [0.2, 0.25) is 0 Å². The van der Waals surface area contributed by atoms with Crippen molar-refractivity contribution in [3.05, 3.63) is 101 Å². The molecule has 7 nitrogen and oxygen atoms in total. The number of rotatable bonds is 4. The molecule has 3 heterocycles. The van der Waals surface area contributed by atoms with Crippen LogP contribution in [-0.2, 0) is 23.3 Å². The van der Waals surface area contributed by atoms with Gasteiger partial charge in [-0.2, -0.15) is 0 Å². The highest BCUT2D eigenvalue weighted by atomic mass is 16.2. The SMILES string of the molecule is CC12C(=O)N(c3ccc(C(=O)NCc4ccccc4)cc3)C(=O)N1CCc1c2[nH]c2ccccc12. The van der Waals surface area contributed by atoms with Crippen molar-refractivity contribution in [3.8, 4) is 0 Å². The zero-order valence-electron chi connectivity index (χ0n) is 19.2. The summed E-state index contributed by atoms with van der Waals surface area (Å²) < 4.78 is 0. The average molecular weight is 465 g/mol. The van der Waals surface area contributed by atoms with Gasteiger partial charge in [-0.15, -0.1) is 0 Å². The number of fused-ring (bicyclic) bond motifs is 5. The number of benzene rings is 3. The van der Waals surface area contributed by atoms with E-state index in [1.807, 2.05) is 61.5 Å². The summed E-state index contributed by atoms with van der Waals surface area (Å²) in [5.41, 5.74) is 3.65. The molecule has 0 aliphatic carbocycles. The lowest BCUT2D eigenvalue weighted by Gasteiger charge is -2.35. The Balaban J connectivity index is 1.27. The number of para-hydroxylation sites is 1. The van der Waals surface area contributed by atoms with Crippen LogP contribution >= 0.6 is 0 Å². The molecule has 1 fully saturated rings. The van der Waals surface area contributed by atoms with Gasteiger partial charge in [-0.1, -0.05) is 48.5 Å². The number of nitrogens with one attached hydrogen (secondary N) is 2. The highest BCUT2D eigenvalue weighted by molar-refractivity contribution is 6.23. The van der Waals surface area contributed by atoms with Crippen LogP contribution in [0.4, 0.5) is 10.5 Å². The van der Waals surface area contributed by atoms with E-state index in [1.54, 1.807) is 29.2 Å². The van der Waals surface area contributed by atoms with Crippen LogP contribution < -0.4 is 10.2 Å². The van der Waals surface area contributed by atoms with Gasteiger partial charge < -0.3 is 15.2 Å². The number of carbonyl (C=O) groups is 3. The smallest absolute Gasteiger partial charge is 0.332 e. The molecule has 6 rings (SSSR count).